The molecule has 0 saturated carbocycles. The number of benzene rings is 1. The van der Waals surface area contributed by atoms with E-state index < -0.39 is 4.92 Å². The van der Waals surface area contributed by atoms with Gasteiger partial charge in [-0.1, -0.05) is 0 Å². The molecule has 0 N–H and O–H groups in total. The summed E-state index contributed by atoms with van der Waals surface area (Å²) < 4.78 is 1.65. The fraction of sp³-hybridized carbons (Fsp3) is 0.118. The third kappa shape index (κ3) is 2.26. The number of rotatable bonds is 2. The number of fused-ring (bicyclic) bond motifs is 2. The molecule has 0 amide bonds. The lowest BCUT2D eigenvalue weighted by molar-refractivity contribution is -0.384. The van der Waals surface area contributed by atoms with Crippen LogP contribution in [0.2, 0.25) is 0 Å². The van der Waals surface area contributed by atoms with Crippen molar-refractivity contribution < 1.29 is 4.92 Å². The third-order valence-corrected chi connectivity index (χ3v) is 4.07. The average Bonchev–Trinajstić information content (AvgIpc) is 2.99. The Bertz CT molecular complexity index is 1050. The van der Waals surface area contributed by atoms with Crippen LogP contribution in [0.4, 0.5) is 5.69 Å². The Labute approximate surface area is 136 Å². The third-order valence-electron chi connectivity index (χ3n) is 4.07. The molecule has 7 heteroatoms. The second-order valence-electron chi connectivity index (χ2n) is 5.53. The summed E-state index contributed by atoms with van der Waals surface area (Å²) in [5.41, 5.74) is 2.15. The van der Waals surface area contributed by atoms with Gasteiger partial charge in [-0.15, -0.1) is 0 Å². The van der Waals surface area contributed by atoms with Crippen molar-refractivity contribution in [3.63, 3.8) is 0 Å². The number of aromatic nitrogens is 3. The van der Waals surface area contributed by atoms with Crippen molar-refractivity contribution in [3.8, 4) is 0 Å². The Morgan fingerprint density at radius 1 is 1.21 bits per heavy atom. The zero-order chi connectivity index (χ0) is 16.7. The Morgan fingerprint density at radius 3 is 2.75 bits per heavy atom. The second kappa shape index (κ2) is 5.38. The fourth-order valence-corrected chi connectivity index (χ4v) is 2.88. The normalized spacial score (nSPS) is 14.9. The molecule has 0 spiro atoms. The summed E-state index contributed by atoms with van der Waals surface area (Å²) in [5.74, 6) is 0.615. The lowest BCUT2D eigenvalue weighted by Gasteiger charge is -2.04. The van der Waals surface area contributed by atoms with Gasteiger partial charge in [0.2, 0.25) is 0 Å². The first kappa shape index (κ1) is 14.3. The summed E-state index contributed by atoms with van der Waals surface area (Å²) in [4.78, 5) is 31.5. The number of non-ortho nitro benzene ring substituents is 1. The van der Waals surface area contributed by atoms with Crippen molar-refractivity contribution in [2.24, 2.45) is 0 Å². The predicted octanol–water partition coefficient (Wildman–Crippen LogP) is 2.64. The second-order valence-corrected chi connectivity index (χ2v) is 5.53. The van der Waals surface area contributed by atoms with Crippen LogP contribution < -0.4 is 5.56 Å². The summed E-state index contributed by atoms with van der Waals surface area (Å²) in [6, 6.07) is 9.74. The van der Waals surface area contributed by atoms with Crippen molar-refractivity contribution in [1.29, 1.82) is 0 Å². The first-order chi connectivity index (χ1) is 11.6. The van der Waals surface area contributed by atoms with Crippen molar-refractivity contribution in [3.05, 3.63) is 74.5 Å². The minimum absolute atomic E-state index is 0.0495. The highest BCUT2D eigenvalue weighted by Gasteiger charge is 2.21. The maximum Gasteiger partial charge on any atom is 0.269 e. The zero-order valence-corrected chi connectivity index (χ0v) is 12.5. The van der Waals surface area contributed by atoms with Gasteiger partial charge in [-0.05, 0) is 47.9 Å². The van der Waals surface area contributed by atoms with Crippen LogP contribution in [-0.4, -0.2) is 19.5 Å². The van der Waals surface area contributed by atoms with E-state index >= 15 is 0 Å². The van der Waals surface area contributed by atoms with Crippen LogP contribution in [-0.2, 0) is 6.54 Å². The van der Waals surface area contributed by atoms with Crippen molar-refractivity contribution in [2.45, 2.75) is 13.0 Å². The van der Waals surface area contributed by atoms with Gasteiger partial charge in [0.25, 0.3) is 11.2 Å². The SMILES string of the molecule is O=c1c2cccnc2nc2n1CC/C2=C\c1ccc([N+](=O)[O-])cc1. The molecule has 0 atom stereocenters. The highest BCUT2D eigenvalue weighted by atomic mass is 16.6. The topological polar surface area (TPSA) is 90.9 Å². The molecule has 3 aromatic rings. The Hall–Kier alpha value is -3.35. The van der Waals surface area contributed by atoms with Crippen LogP contribution in [0.1, 0.15) is 17.8 Å². The van der Waals surface area contributed by atoms with E-state index in [2.05, 4.69) is 9.97 Å². The minimum atomic E-state index is -0.430. The molecule has 7 nitrogen and oxygen atoms in total. The van der Waals surface area contributed by atoms with Gasteiger partial charge in [0.15, 0.2) is 5.65 Å². The van der Waals surface area contributed by atoms with Gasteiger partial charge in [-0.2, -0.15) is 0 Å². The molecule has 0 aliphatic carbocycles. The monoisotopic (exact) mass is 320 g/mol. The van der Waals surface area contributed by atoms with E-state index in [1.807, 2.05) is 6.08 Å². The van der Waals surface area contributed by atoms with Crippen LogP contribution >= 0.6 is 0 Å². The summed E-state index contributed by atoms with van der Waals surface area (Å²) in [6.45, 7) is 0.574. The number of hydrogen-bond donors (Lipinski definition) is 0. The highest BCUT2D eigenvalue weighted by molar-refractivity contribution is 5.83. The van der Waals surface area contributed by atoms with E-state index in [0.717, 1.165) is 11.1 Å². The maximum atomic E-state index is 12.5. The summed E-state index contributed by atoms with van der Waals surface area (Å²) >= 11 is 0. The Morgan fingerprint density at radius 2 is 2.00 bits per heavy atom. The van der Waals surface area contributed by atoms with E-state index in [-0.39, 0.29) is 11.2 Å². The van der Waals surface area contributed by atoms with Crippen LogP contribution in [0.5, 0.6) is 0 Å². The van der Waals surface area contributed by atoms with Crippen molar-refractivity contribution in [2.75, 3.05) is 0 Å². The van der Waals surface area contributed by atoms with Gasteiger partial charge in [-0.3, -0.25) is 19.5 Å². The molecule has 1 aliphatic rings. The minimum Gasteiger partial charge on any atom is -0.292 e. The zero-order valence-electron chi connectivity index (χ0n) is 12.5. The molecule has 0 radical (unpaired) electrons. The molecular formula is C17H12N4O3. The molecule has 0 bridgehead atoms. The number of hydrogen-bond acceptors (Lipinski definition) is 5. The van der Waals surface area contributed by atoms with Gasteiger partial charge < -0.3 is 0 Å². The van der Waals surface area contributed by atoms with Crippen molar-refractivity contribution >= 4 is 28.4 Å². The number of allylic oxidation sites excluding steroid dienone is 1. The largest absolute Gasteiger partial charge is 0.292 e. The maximum absolute atomic E-state index is 12.5. The Balaban J connectivity index is 1.81. The smallest absolute Gasteiger partial charge is 0.269 e. The van der Waals surface area contributed by atoms with Crippen molar-refractivity contribution in [1.82, 2.24) is 14.5 Å². The molecule has 1 aromatic carbocycles. The number of nitro benzene ring substituents is 1. The number of nitro groups is 1. The quantitative estimate of drug-likeness (QED) is 0.535. The van der Waals surface area contributed by atoms with E-state index in [0.29, 0.717) is 29.8 Å². The van der Waals surface area contributed by atoms with E-state index in [4.69, 9.17) is 0 Å². The molecule has 118 valence electrons. The highest BCUT2D eigenvalue weighted by Crippen LogP contribution is 2.27. The van der Waals surface area contributed by atoms with Gasteiger partial charge in [0.05, 0.1) is 10.3 Å². The predicted molar refractivity (Wildman–Crippen MR) is 89.4 cm³/mol. The number of nitrogens with zero attached hydrogens (tertiary/aromatic N) is 4. The van der Waals surface area contributed by atoms with Gasteiger partial charge in [0.1, 0.15) is 5.82 Å². The summed E-state index contributed by atoms with van der Waals surface area (Å²) in [5, 5.41) is 11.2. The summed E-state index contributed by atoms with van der Waals surface area (Å²) in [6.07, 6.45) is 4.21. The van der Waals surface area contributed by atoms with Gasteiger partial charge in [0, 0.05) is 24.9 Å². The number of pyridine rings is 1. The standard InChI is InChI=1S/C17H12N4O3/c22-17-14-2-1-8-18-15(14)19-16-12(7-9-20(16)17)10-11-3-5-13(6-4-11)21(23)24/h1-6,8,10H,7,9H2/b12-10+. The molecule has 0 saturated heterocycles. The molecule has 1 aliphatic heterocycles. The van der Waals surface area contributed by atoms with E-state index in [1.54, 1.807) is 35.0 Å². The first-order valence-corrected chi connectivity index (χ1v) is 7.44. The first-order valence-electron chi connectivity index (χ1n) is 7.44. The lowest BCUT2D eigenvalue weighted by atomic mass is 10.1. The van der Waals surface area contributed by atoms with Gasteiger partial charge in [-0.25, -0.2) is 9.97 Å². The lowest BCUT2D eigenvalue weighted by Crippen LogP contribution is -2.21. The van der Waals surface area contributed by atoms with Crippen LogP contribution in [0.25, 0.3) is 22.7 Å². The van der Waals surface area contributed by atoms with Gasteiger partial charge >= 0.3 is 0 Å². The Kier molecular flexibility index (Phi) is 3.19. The molecule has 0 unspecified atom stereocenters. The molecule has 24 heavy (non-hydrogen) atoms. The van der Waals surface area contributed by atoms with Crippen LogP contribution in [0, 0.1) is 10.1 Å². The summed E-state index contributed by atoms with van der Waals surface area (Å²) in [7, 11) is 0. The van der Waals surface area contributed by atoms with E-state index in [9.17, 15) is 14.9 Å². The van der Waals surface area contributed by atoms with Crippen LogP contribution in [0.3, 0.4) is 0 Å². The average molecular weight is 320 g/mol. The molecular weight excluding hydrogens is 308 g/mol. The molecule has 4 rings (SSSR count). The molecule has 3 heterocycles. The van der Waals surface area contributed by atoms with E-state index in [1.165, 1.54) is 12.1 Å². The molecule has 0 fully saturated rings. The fourth-order valence-electron chi connectivity index (χ4n) is 2.88. The van der Waals surface area contributed by atoms with Crippen LogP contribution in [0.15, 0.2) is 47.4 Å². The molecule has 2 aromatic heterocycles.